The zero-order valence-electron chi connectivity index (χ0n) is 31.0. The van der Waals surface area contributed by atoms with E-state index in [1.165, 1.54) is 38.5 Å². The number of hydrogen-bond donors (Lipinski definition) is 0. The molecule has 0 spiro atoms. The van der Waals surface area contributed by atoms with Gasteiger partial charge in [-0.25, -0.2) is 0 Å². The van der Waals surface area contributed by atoms with E-state index >= 15 is 0 Å². The Bertz CT molecular complexity index is 3020. The molecule has 264 valence electrons. The maximum atomic E-state index is 7.10. The predicted octanol–water partition coefficient (Wildman–Crippen LogP) is 11.3. The highest BCUT2D eigenvalue weighted by molar-refractivity contribution is 6.98. The van der Waals surface area contributed by atoms with Gasteiger partial charge in [0.1, 0.15) is 23.0 Å². The number of aromatic nitrogens is 1. The Kier molecular flexibility index (Phi) is 6.45. The average Bonchev–Trinajstić information content (AvgIpc) is 3.71. The molecule has 1 aromatic heterocycles. The summed E-state index contributed by atoms with van der Waals surface area (Å²) in [5, 5.41) is 2.39. The third kappa shape index (κ3) is 4.25. The van der Waals surface area contributed by atoms with E-state index in [9.17, 15) is 0 Å². The van der Waals surface area contributed by atoms with Gasteiger partial charge in [-0.05, 0) is 94.3 Å². The Hall–Kier alpha value is -6.98. The van der Waals surface area contributed by atoms with Crippen LogP contribution in [0.15, 0.2) is 176 Å². The third-order valence-electron chi connectivity index (χ3n) is 12.3. The first-order valence-electron chi connectivity index (χ1n) is 19.4. The third-order valence-corrected chi connectivity index (χ3v) is 12.3. The molecule has 0 saturated carbocycles. The van der Waals surface area contributed by atoms with E-state index in [1.54, 1.807) is 0 Å². The molecule has 1 aliphatic carbocycles. The summed E-state index contributed by atoms with van der Waals surface area (Å²) in [5.41, 5.74) is 14.8. The number of hydrogen-bond acceptors (Lipinski definition) is 3. The molecule has 3 aliphatic rings. The SMILES string of the molecule is CC1(C)c2cc(N(c3ccccc3)c3ccccc3)ccc2-c2ccc3c(c21)Oc1cccc2c1B3c1ccc3c4ccccc4n(-c4ccccc4)c3c1O2. The first-order valence-corrected chi connectivity index (χ1v) is 19.4. The van der Waals surface area contributed by atoms with Crippen LogP contribution in [0.2, 0.25) is 0 Å². The van der Waals surface area contributed by atoms with E-state index in [0.717, 1.165) is 67.7 Å². The number of ether oxygens (including phenoxy) is 2. The molecule has 4 nitrogen and oxygen atoms in total. The molecule has 8 aromatic carbocycles. The van der Waals surface area contributed by atoms with Crippen molar-refractivity contribution >= 4 is 62.0 Å². The Balaban J connectivity index is 1.06. The van der Waals surface area contributed by atoms with Crippen LogP contribution in [-0.4, -0.2) is 11.3 Å². The van der Waals surface area contributed by atoms with Gasteiger partial charge in [0, 0.05) is 50.0 Å². The molecular weight excluding hydrogens is 683 g/mol. The van der Waals surface area contributed by atoms with Crippen molar-refractivity contribution < 1.29 is 9.47 Å². The maximum Gasteiger partial charge on any atom is 0.260 e. The fourth-order valence-electron chi connectivity index (χ4n) is 9.85. The smallest absolute Gasteiger partial charge is 0.260 e. The zero-order valence-corrected chi connectivity index (χ0v) is 31.0. The van der Waals surface area contributed by atoms with Crippen molar-refractivity contribution in [3.8, 4) is 39.8 Å². The number of nitrogens with zero attached hydrogens (tertiary/aromatic N) is 2. The summed E-state index contributed by atoms with van der Waals surface area (Å²) >= 11 is 0. The number of benzene rings is 8. The molecule has 0 amide bonds. The minimum absolute atomic E-state index is 0.0626. The molecule has 0 N–H and O–H groups in total. The molecule has 0 saturated heterocycles. The van der Waals surface area contributed by atoms with Gasteiger partial charge in [0.05, 0.1) is 11.0 Å². The zero-order chi connectivity index (χ0) is 37.1. The van der Waals surface area contributed by atoms with Crippen molar-refractivity contribution in [3.05, 3.63) is 187 Å². The lowest BCUT2D eigenvalue weighted by atomic mass is 9.34. The summed E-state index contributed by atoms with van der Waals surface area (Å²) < 4.78 is 16.5. The Morgan fingerprint density at radius 1 is 0.518 bits per heavy atom. The quantitative estimate of drug-likeness (QED) is 0.170. The van der Waals surface area contributed by atoms with Crippen molar-refractivity contribution in [2.24, 2.45) is 0 Å². The largest absolute Gasteiger partial charge is 0.458 e. The van der Waals surface area contributed by atoms with Crippen molar-refractivity contribution in [2.75, 3.05) is 4.90 Å². The molecule has 0 atom stereocenters. The monoisotopic (exact) mass is 718 g/mol. The molecule has 0 radical (unpaired) electrons. The number of anilines is 3. The summed E-state index contributed by atoms with van der Waals surface area (Å²) in [4.78, 5) is 2.34. The van der Waals surface area contributed by atoms with Gasteiger partial charge in [-0.1, -0.05) is 123 Å². The van der Waals surface area contributed by atoms with Gasteiger partial charge in [-0.3, -0.25) is 0 Å². The average molecular weight is 719 g/mol. The fourth-order valence-corrected chi connectivity index (χ4v) is 9.85. The number of fused-ring (bicyclic) bond motifs is 12. The Morgan fingerprint density at radius 2 is 1.12 bits per heavy atom. The lowest BCUT2D eigenvalue weighted by Crippen LogP contribution is -2.57. The molecule has 3 heterocycles. The van der Waals surface area contributed by atoms with Gasteiger partial charge in [0.2, 0.25) is 0 Å². The molecule has 5 heteroatoms. The number of rotatable bonds is 4. The molecule has 12 rings (SSSR count). The van der Waals surface area contributed by atoms with Gasteiger partial charge in [0.15, 0.2) is 0 Å². The van der Waals surface area contributed by atoms with E-state index in [-0.39, 0.29) is 12.1 Å². The normalized spacial score (nSPS) is 13.9. The second kappa shape index (κ2) is 11.5. The van der Waals surface area contributed by atoms with Crippen LogP contribution >= 0.6 is 0 Å². The summed E-state index contributed by atoms with van der Waals surface area (Å²) in [6.07, 6.45) is 0. The van der Waals surface area contributed by atoms with E-state index in [1.807, 2.05) is 0 Å². The molecule has 9 aromatic rings. The highest BCUT2D eigenvalue weighted by Crippen LogP contribution is 2.55. The predicted molar refractivity (Wildman–Crippen MR) is 231 cm³/mol. The Labute approximate surface area is 325 Å². The van der Waals surface area contributed by atoms with Crippen LogP contribution in [0.1, 0.15) is 25.0 Å². The van der Waals surface area contributed by atoms with Crippen LogP contribution in [-0.2, 0) is 5.41 Å². The summed E-state index contributed by atoms with van der Waals surface area (Å²) in [6, 6.07) is 63.0. The van der Waals surface area contributed by atoms with Crippen LogP contribution in [0.25, 0.3) is 38.6 Å². The van der Waals surface area contributed by atoms with E-state index < -0.39 is 0 Å². The van der Waals surface area contributed by atoms with Gasteiger partial charge >= 0.3 is 0 Å². The lowest BCUT2D eigenvalue weighted by Gasteiger charge is -2.35. The molecule has 0 fully saturated rings. The molecule has 56 heavy (non-hydrogen) atoms. The van der Waals surface area contributed by atoms with E-state index in [0.29, 0.717) is 0 Å². The van der Waals surface area contributed by atoms with Crippen LogP contribution in [0.5, 0.6) is 23.0 Å². The van der Waals surface area contributed by atoms with Gasteiger partial charge < -0.3 is 18.9 Å². The van der Waals surface area contributed by atoms with Crippen molar-refractivity contribution in [3.63, 3.8) is 0 Å². The second-order valence-corrected chi connectivity index (χ2v) is 15.6. The van der Waals surface area contributed by atoms with Gasteiger partial charge in [-0.15, -0.1) is 0 Å². The fraction of sp³-hybridized carbons (Fsp3) is 0.0588. The summed E-state index contributed by atoms with van der Waals surface area (Å²) in [7, 11) is 0. The van der Waals surface area contributed by atoms with E-state index in [4.69, 9.17) is 9.47 Å². The number of para-hydroxylation sites is 4. The first kappa shape index (κ1) is 31.4. The maximum absolute atomic E-state index is 7.10. The minimum atomic E-state index is -0.335. The highest BCUT2D eigenvalue weighted by atomic mass is 16.5. The molecule has 0 bridgehead atoms. The standard InChI is InChI=1S/C51H35BN2O2/c1-51(2)40-31-35(53(32-15-6-3-7-16-32)33-17-8-4-9-18-33)25-26-36(40)38-27-29-41-49(46(38)51)55-44-23-14-24-45-47(44)52(41)42-30-28-39-37-21-12-13-22-43(37)54(48(39)50(42)56-45)34-19-10-5-11-20-34/h3-31H,1-2H3. The highest BCUT2D eigenvalue weighted by Gasteiger charge is 2.46. The summed E-state index contributed by atoms with van der Waals surface area (Å²) in [5.74, 6) is 3.56. The Morgan fingerprint density at radius 3 is 1.86 bits per heavy atom. The van der Waals surface area contributed by atoms with E-state index in [2.05, 4.69) is 199 Å². The van der Waals surface area contributed by atoms with Crippen LogP contribution < -0.4 is 30.8 Å². The lowest BCUT2D eigenvalue weighted by molar-refractivity contribution is 0.456. The molecule has 0 unspecified atom stereocenters. The van der Waals surface area contributed by atoms with Crippen molar-refractivity contribution in [1.29, 1.82) is 0 Å². The first-order chi connectivity index (χ1) is 27.6. The van der Waals surface area contributed by atoms with Crippen LogP contribution in [0.4, 0.5) is 17.1 Å². The summed E-state index contributed by atoms with van der Waals surface area (Å²) in [6.45, 7) is 4.64. The molecular formula is C51H35BN2O2. The molecule has 2 aliphatic heterocycles. The topological polar surface area (TPSA) is 26.6 Å². The van der Waals surface area contributed by atoms with Crippen molar-refractivity contribution in [1.82, 2.24) is 4.57 Å². The van der Waals surface area contributed by atoms with Crippen LogP contribution in [0.3, 0.4) is 0 Å². The second-order valence-electron chi connectivity index (χ2n) is 15.6. The van der Waals surface area contributed by atoms with Crippen molar-refractivity contribution in [2.45, 2.75) is 19.3 Å². The van der Waals surface area contributed by atoms with Gasteiger partial charge in [-0.2, -0.15) is 0 Å². The minimum Gasteiger partial charge on any atom is -0.458 e. The van der Waals surface area contributed by atoms with Gasteiger partial charge in [0.25, 0.3) is 6.71 Å². The van der Waals surface area contributed by atoms with Crippen LogP contribution in [0, 0.1) is 0 Å².